The van der Waals surface area contributed by atoms with Crippen LogP contribution in [0.2, 0.25) is 0 Å². The van der Waals surface area contributed by atoms with E-state index in [1.165, 1.54) is 0 Å². The summed E-state index contributed by atoms with van der Waals surface area (Å²) < 4.78 is 0. The highest BCUT2D eigenvalue weighted by molar-refractivity contribution is 5.98. The van der Waals surface area contributed by atoms with E-state index < -0.39 is 11.6 Å². The molecule has 1 atom stereocenters. The van der Waals surface area contributed by atoms with Crippen molar-refractivity contribution in [2.75, 3.05) is 0 Å². The number of fused-ring (bicyclic) bond motifs is 1. The lowest BCUT2D eigenvalue weighted by Gasteiger charge is -2.29. The summed E-state index contributed by atoms with van der Waals surface area (Å²) >= 11 is 0. The lowest BCUT2D eigenvalue weighted by atomic mass is 9.98. The van der Waals surface area contributed by atoms with Gasteiger partial charge in [0.1, 0.15) is 0 Å². The van der Waals surface area contributed by atoms with E-state index in [0.717, 1.165) is 10.9 Å². The molecule has 0 fully saturated rings. The number of amides is 1. The number of carbonyl (C=O) groups excluding carboxylic acids is 1. The average molecular weight is 258 g/mol. The number of hydrogen-bond donors (Lipinski definition) is 2. The van der Waals surface area contributed by atoms with Gasteiger partial charge in [-0.25, -0.2) is 0 Å². The van der Waals surface area contributed by atoms with Crippen LogP contribution >= 0.6 is 0 Å². The summed E-state index contributed by atoms with van der Waals surface area (Å²) in [6.07, 6.45) is 1.09. The Bertz CT molecular complexity index is 606. The van der Waals surface area contributed by atoms with Crippen molar-refractivity contribution in [1.29, 1.82) is 0 Å². The minimum absolute atomic E-state index is 0.198. The lowest BCUT2D eigenvalue weighted by molar-refractivity contribution is 0.0709. The molecule has 0 aliphatic heterocycles. The van der Waals surface area contributed by atoms with Gasteiger partial charge in [-0.05, 0) is 45.0 Å². The van der Waals surface area contributed by atoms with Crippen LogP contribution in [0.25, 0.3) is 10.9 Å². The van der Waals surface area contributed by atoms with Gasteiger partial charge in [-0.1, -0.05) is 6.07 Å². The first-order chi connectivity index (χ1) is 8.90. The molecule has 0 spiro atoms. The SMILES string of the molecule is CC(O)C(C)(C)NC(=O)c1ccc2ncccc2c1. The van der Waals surface area contributed by atoms with Crippen molar-refractivity contribution in [2.45, 2.75) is 32.4 Å². The van der Waals surface area contributed by atoms with Gasteiger partial charge in [0.25, 0.3) is 5.91 Å². The van der Waals surface area contributed by atoms with E-state index in [2.05, 4.69) is 10.3 Å². The molecule has 2 rings (SSSR count). The van der Waals surface area contributed by atoms with Crippen LogP contribution in [0, 0.1) is 0 Å². The van der Waals surface area contributed by atoms with Crippen LogP contribution in [0.1, 0.15) is 31.1 Å². The van der Waals surface area contributed by atoms with E-state index in [9.17, 15) is 9.90 Å². The van der Waals surface area contributed by atoms with E-state index in [1.807, 2.05) is 18.2 Å². The van der Waals surface area contributed by atoms with E-state index in [0.29, 0.717) is 5.56 Å². The summed E-state index contributed by atoms with van der Waals surface area (Å²) in [6, 6.07) is 9.11. The highest BCUT2D eigenvalue weighted by Gasteiger charge is 2.26. The maximum absolute atomic E-state index is 12.2. The molecule has 1 amide bonds. The third-order valence-corrected chi connectivity index (χ3v) is 3.35. The van der Waals surface area contributed by atoms with Crippen LogP contribution < -0.4 is 5.32 Å². The smallest absolute Gasteiger partial charge is 0.251 e. The Morgan fingerprint density at radius 3 is 2.79 bits per heavy atom. The van der Waals surface area contributed by atoms with Crippen LogP contribution in [0.3, 0.4) is 0 Å². The summed E-state index contributed by atoms with van der Waals surface area (Å²) in [5.74, 6) is -0.198. The fraction of sp³-hybridized carbons (Fsp3) is 0.333. The molecular weight excluding hydrogens is 240 g/mol. The van der Waals surface area contributed by atoms with Crippen molar-refractivity contribution in [1.82, 2.24) is 10.3 Å². The molecular formula is C15H18N2O2. The first-order valence-electron chi connectivity index (χ1n) is 6.25. The number of rotatable bonds is 3. The maximum atomic E-state index is 12.2. The van der Waals surface area contributed by atoms with Gasteiger partial charge in [-0.15, -0.1) is 0 Å². The van der Waals surface area contributed by atoms with Crippen molar-refractivity contribution in [3.05, 3.63) is 42.1 Å². The second-order valence-electron chi connectivity index (χ2n) is 5.26. The number of pyridine rings is 1. The molecule has 2 N–H and O–H groups in total. The number of benzene rings is 1. The molecule has 100 valence electrons. The maximum Gasteiger partial charge on any atom is 0.251 e. The predicted molar refractivity (Wildman–Crippen MR) is 75.0 cm³/mol. The summed E-state index contributed by atoms with van der Waals surface area (Å²) in [7, 11) is 0. The normalized spacial score (nSPS) is 13.3. The quantitative estimate of drug-likeness (QED) is 0.886. The van der Waals surface area contributed by atoms with Gasteiger partial charge in [0, 0.05) is 17.1 Å². The largest absolute Gasteiger partial charge is 0.391 e. The van der Waals surface area contributed by atoms with Crippen molar-refractivity contribution in [2.24, 2.45) is 0 Å². The summed E-state index contributed by atoms with van der Waals surface area (Å²) in [6.45, 7) is 5.24. The first-order valence-corrected chi connectivity index (χ1v) is 6.25. The number of carbonyl (C=O) groups is 1. The predicted octanol–water partition coefficient (Wildman–Crippen LogP) is 2.12. The van der Waals surface area contributed by atoms with Crippen molar-refractivity contribution in [3.63, 3.8) is 0 Å². The monoisotopic (exact) mass is 258 g/mol. The zero-order valence-corrected chi connectivity index (χ0v) is 11.3. The molecule has 1 aromatic carbocycles. The third-order valence-electron chi connectivity index (χ3n) is 3.35. The molecule has 0 aliphatic carbocycles. The summed E-state index contributed by atoms with van der Waals surface area (Å²) in [4.78, 5) is 16.4. The van der Waals surface area contributed by atoms with Crippen LogP contribution in [0.15, 0.2) is 36.5 Å². The second kappa shape index (κ2) is 4.97. The number of aliphatic hydroxyl groups is 1. The van der Waals surface area contributed by atoms with E-state index in [1.54, 1.807) is 39.1 Å². The third kappa shape index (κ3) is 2.90. The lowest BCUT2D eigenvalue weighted by Crippen LogP contribution is -2.50. The Hall–Kier alpha value is -1.94. The number of hydrogen-bond acceptors (Lipinski definition) is 3. The Morgan fingerprint density at radius 1 is 1.37 bits per heavy atom. The Labute approximate surface area is 112 Å². The van der Waals surface area contributed by atoms with E-state index >= 15 is 0 Å². The molecule has 0 bridgehead atoms. The van der Waals surface area contributed by atoms with E-state index in [-0.39, 0.29) is 5.91 Å². The summed E-state index contributed by atoms with van der Waals surface area (Å²) in [5.41, 5.74) is 0.754. The molecule has 0 radical (unpaired) electrons. The molecule has 0 aliphatic rings. The first kappa shape index (κ1) is 13.5. The topological polar surface area (TPSA) is 62.2 Å². The van der Waals surface area contributed by atoms with Crippen LogP contribution in [-0.4, -0.2) is 27.6 Å². The van der Waals surface area contributed by atoms with Crippen molar-refractivity contribution < 1.29 is 9.90 Å². The highest BCUT2D eigenvalue weighted by Crippen LogP contribution is 2.15. The Morgan fingerprint density at radius 2 is 2.11 bits per heavy atom. The molecule has 19 heavy (non-hydrogen) atoms. The highest BCUT2D eigenvalue weighted by atomic mass is 16.3. The molecule has 4 heteroatoms. The Kier molecular flexibility index (Phi) is 3.53. The number of nitrogens with zero attached hydrogens (tertiary/aromatic N) is 1. The van der Waals surface area contributed by atoms with Crippen LogP contribution in [-0.2, 0) is 0 Å². The zero-order valence-electron chi connectivity index (χ0n) is 11.3. The van der Waals surface area contributed by atoms with E-state index in [4.69, 9.17) is 0 Å². The van der Waals surface area contributed by atoms with Crippen molar-refractivity contribution >= 4 is 16.8 Å². The molecule has 0 saturated heterocycles. The number of aliphatic hydroxyl groups excluding tert-OH is 1. The van der Waals surface area contributed by atoms with Gasteiger partial charge in [-0.3, -0.25) is 9.78 Å². The van der Waals surface area contributed by atoms with Gasteiger partial charge in [-0.2, -0.15) is 0 Å². The molecule has 4 nitrogen and oxygen atoms in total. The molecule has 0 saturated carbocycles. The van der Waals surface area contributed by atoms with Gasteiger partial charge >= 0.3 is 0 Å². The number of aromatic nitrogens is 1. The fourth-order valence-corrected chi connectivity index (χ4v) is 1.69. The van der Waals surface area contributed by atoms with Crippen LogP contribution in [0.4, 0.5) is 0 Å². The molecule has 1 heterocycles. The number of nitrogens with one attached hydrogen (secondary N) is 1. The summed E-state index contributed by atoms with van der Waals surface area (Å²) in [5, 5.41) is 13.4. The average Bonchev–Trinajstić information content (AvgIpc) is 2.37. The minimum Gasteiger partial charge on any atom is -0.391 e. The standard InChI is InChI=1S/C15H18N2O2/c1-10(18)15(2,3)17-14(19)12-6-7-13-11(9-12)5-4-8-16-13/h4-10,18H,1-3H3,(H,17,19). The molecule has 1 unspecified atom stereocenters. The van der Waals surface area contributed by atoms with Gasteiger partial charge in [0.05, 0.1) is 17.2 Å². The zero-order chi connectivity index (χ0) is 14.0. The van der Waals surface area contributed by atoms with Gasteiger partial charge < -0.3 is 10.4 Å². The molecule has 2 aromatic rings. The van der Waals surface area contributed by atoms with Gasteiger partial charge in [0.2, 0.25) is 0 Å². The van der Waals surface area contributed by atoms with Crippen molar-refractivity contribution in [3.8, 4) is 0 Å². The minimum atomic E-state index is -0.666. The van der Waals surface area contributed by atoms with Crippen LogP contribution in [0.5, 0.6) is 0 Å². The Balaban J connectivity index is 2.27. The second-order valence-corrected chi connectivity index (χ2v) is 5.26. The molecule has 1 aromatic heterocycles. The van der Waals surface area contributed by atoms with Gasteiger partial charge in [0.15, 0.2) is 0 Å². The fourth-order valence-electron chi connectivity index (χ4n) is 1.69.